The van der Waals surface area contributed by atoms with Crippen molar-refractivity contribution in [1.29, 1.82) is 0 Å². The Balaban J connectivity index is 1.30. The lowest BCUT2D eigenvalue weighted by Gasteiger charge is -2.50. The number of hydrogen-bond acceptors (Lipinski definition) is 15. The van der Waals surface area contributed by atoms with Crippen LogP contribution in [-0.4, -0.2) is 92.1 Å². The molecule has 0 radical (unpaired) electrons. The minimum Gasteiger partial charge on any atom is -0.461 e. The van der Waals surface area contributed by atoms with E-state index in [2.05, 4.69) is 5.16 Å². The summed E-state index contributed by atoms with van der Waals surface area (Å²) in [4.78, 5) is 45.5. The van der Waals surface area contributed by atoms with Gasteiger partial charge < -0.3 is 52.2 Å². The molecule has 0 unspecified atom stereocenters. The Kier molecular flexibility index (Phi) is 12.8. The maximum absolute atomic E-state index is 13.8. The van der Waals surface area contributed by atoms with Gasteiger partial charge in [0.05, 0.1) is 24.0 Å². The number of nitrogens with zero attached hydrogens (tertiary/aromatic N) is 1. The zero-order valence-electron chi connectivity index (χ0n) is 34.1. The van der Waals surface area contributed by atoms with Crippen molar-refractivity contribution in [1.82, 2.24) is 0 Å². The zero-order valence-corrected chi connectivity index (χ0v) is 34.1. The van der Waals surface area contributed by atoms with Crippen molar-refractivity contribution in [2.75, 3.05) is 13.2 Å². The summed E-state index contributed by atoms with van der Waals surface area (Å²) >= 11 is 0. The minimum absolute atomic E-state index is 0.0178. The number of oxime groups is 1. The standard InChI is InChI=1S/C44H51NO14/c1-25(46)51-36-35(33-30(54-40(36)52-28-21-15-10-16-22-28)24-50-38(56-33)27-19-13-9-14-20-27)57-39-31(45-59-42(48)44(5,6)7)34(58-41(47)43(2,3)4)32-29(53-39)23-49-37(55-32)26-17-11-8-12-18-26/h8-22,29-30,32-40H,23-24H2,1-7H3/b45-31-/t29-,30-,32-,33-,34-,35+,36-,37-,38-,39+,40+/m1/s1. The Morgan fingerprint density at radius 2 is 1.15 bits per heavy atom. The maximum atomic E-state index is 13.8. The Morgan fingerprint density at radius 3 is 1.69 bits per heavy atom. The van der Waals surface area contributed by atoms with Gasteiger partial charge in [-0.25, -0.2) is 4.79 Å². The van der Waals surface area contributed by atoms with Gasteiger partial charge in [-0.1, -0.05) is 84.0 Å². The van der Waals surface area contributed by atoms with Gasteiger partial charge in [-0.2, -0.15) is 0 Å². The van der Waals surface area contributed by atoms with Crippen LogP contribution in [0.2, 0.25) is 0 Å². The summed E-state index contributed by atoms with van der Waals surface area (Å²) < 4.78 is 63.8. The number of carbonyl (C=O) groups is 3. The third-order valence-corrected chi connectivity index (χ3v) is 9.89. The molecule has 15 nitrogen and oxygen atoms in total. The Labute approximate surface area is 343 Å². The van der Waals surface area contributed by atoms with Crippen molar-refractivity contribution < 1.29 is 66.6 Å². The number of esters is 2. The quantitative estimate of drug-likeness (QED) is 0.141. The van der Waals surface area contributed by atoms with E-state index in [-0.39, 0.29) is 18.9 Å². The molecule has 59 heavy (non-hydrogen) atoms. The molecule has 11 atom stereocenters. The van der Waals surface area contributed by atoms with Crippen LogP contribution < -0.4 is 4.74 Å². The molecular weight excluding hydrogens is 766 g/mol. The predicted octanol–water partition coefficient (Wildman–Crippen LogP) is 5.96. The van der Waals surface area contributed by atoms with Crippen LogP contribution in [0.5, 0.6) is 5.75 Å². The molecule has 316 valence electrons. The van der Waals surface area contributed by atoms with Crippen LogP contribution in [-0.2, 0) is 61.9 Å². The summed E-state index contributed by atoms with van der Waals surface area (Å²) in [5.74, 6) is -1.50. The van der Waals surface area contributed by atoms with E-state index in [1.54, 1.807) is 65.8 Å². The van der Waals surface area contributed by atoms with E-state index < -0.39 is 96.6 Å². The molecule has 0 aliphatic carbocycles. The number of rotatable bonds is 9. The summed E-state index contributed by atoms with van der Waals surface area (Å²) in [7, 11) is 0. The molecule has 15 heteroatoms. The monoisotopic (exact) mass is 817 g/mol. The molecule has 0 bridgehead atoms. The first-order chi connectivity index (χ1) is 28.2. The van der Waals surface area contributed by atoms with Gasteiger partial charge in [0.25, 0.3) is 0 Å². The van der Waals surface area contributed by atoms with Crippen molar-refractivity contribution in [3.05, 3.63) is 102 Å². The van der Waals surface area contributed by atoms with Crippen LogP contribution in [0.25, 0.3) is 0 Å². The minimum atomic E-state index is -1.52. The highest BCUT2D eigenvalue weighted by Gasteiger charge is 2.58. The van der Waals surface area contributed by atoms with E-state index in [1.165, 1.54) is 6.92 Å². The third kappa shape index (κ3) is 10.0. The third-order valence-electron chi connectivity index (χ3n) is 9.89. The summed E-state index contributed by atoms with van der Waals surface area (Å²) in [6.07, 6.45) is -12.0. The van der Waals surface area contributed by atoms with Gasteiger partial charge in [-0.15, -0.1) is 0 Å². The number of fused-ring (bicyclic) bond motifs is 2. The van der Waals surface area contributed by atoms with Gasteiger partial charge in [-0.05, 0) is 53.7 Å². The van der Waals surface area contributed by atoms with Crippen LogP contribution in [0.3, 0.4) is 0 Å². The van der Waals surface area contributed by atoms with Gasteiger partial charge >= 0.3 is 17.9 Å². The summed E-state index contributed by atoms with van der Waals surface area (Å²) in [6, 6.07) is 27.4. The van der Waals surface area contributed by atoms with Crippen molar-refractivity contribution in [2.24, 2.45) is 16.0 Å². The highest BCUT2D eigenvalue weighted by Crippen LogP contribution is 2.41. The molecule has 3 aromatic rings. The molecule has 4 heterocycles. The average molecular weight is 818 g/mol. The molecule has 4 aliphatic heterocycles. The van der Waals surface area contributed by atoms with E-state index in [1.807, 2.05) is 66.7 Å². The first-order valence-corrected chi connectivity index (χ1v) is 19.7. The Bertz CT molecular complexity index is 1930. The number of carbonyl (C=O) groups excluding carboxylic acids is 3. The van der Waals surface area contributed by atoms with Crippen LogP contribution in [0, 0.1) is 10.8 Å². The van der Waals surface area contributed by atoms with E-state index >= 15 is 0 Å². The van der Waals surface area contributed by atoms with E-state index in [0.717, 1.165) is 11.1 Å². The summed E-state index contributed by atoms with van der Waals surface area (Å²) in [6.45, 7) is 11.4. The molecule has 7 rings (SSSR count). The van der Waals surface area contributed by atoms with Gasteiger partial charge in [0.1, 0.15) is 36.3 Å². The van der Waals surface area contributed by atoms with Gasteiger partial charge in [0, 0.05) is 18.1 Å². The first-order valence-electron chi connectivity index (χ1n) is 19.7. The Hall–Kier alpha value is -4.74. The fourth-order valence-electron chi connectivity index (χ4n) is 6.76. The number of para-hydroxylation sites is 1. The summed E-state index contributed by atoms with van der Waals surface area (Å²) in [5.41, 5.74) is -0.632. The van der Waals surface area contributed by atoms with Crippen LogP contribution in [0.1, 0.15) is 72.2 Å². The molecule has 4 saturated heterocycles. The van der Waals surface area contributed by atoms with E-state index in [9.17, 15) is 14.4 Å². The molecule has 4 fully saturated rings. The second-order valence-electron chi connectivity index (χ2n) is 16.7. The summed E-state index contributed by atoms with van der Waals surface area (Å²) in [5, 5.41) is 4.32. The second kappa shape index (κ2) is 17.9. The highest BCUT2D eigenvalue weighted by molar-refractivity contribution is 5.95. The Morgan fingerprint density at radius 1 is 0.627 bits per heavy atom. The number of ether oxygens (including phenoxy) is 10. The van der Waals surface area contributed by atoms with E-state index in [4.69, 9.17) is 52.2 Å². The average Bonchev–Trinajstić information content (AvgIpc) is 3.21. The normalized spacial score (nSPS) is 31.6. The van der Waals surface area contributed by atoms with Crippen molar-refractivity contribution in [2.45, 2.75) is 116 Å². The van der Waals surface area contributed by atoms with Crippen LogP contribution >= 0.6 is 0 Å². The SMILES string of the molecule is CC(=O)O[C@H]1[C@@H](Oc2ccccc2)O[C@@H]2CO[C@@H](c3ccccc3)O[C@H]2[C@@H]1O[C@@H]1O[C@@H]2CO[C@@H](c3ccccc3)O[C@H]2[C@H](OC(=O)C(C)(C)C)/C1=N/OC(=O)C(C)(C)C. The maximum Gasteiger partial charge on any atom is 0.340 e. The van der Waals surface area contributed by atoms with E-state index in [0.29, 0.717) is 5.75 Å². The van der Waals surface area contributed by atoms with Crippen LogP contribution in [0.15, 0.2) is 96.2 Å². The molecule has 0 amide bonds. The smallest absolute Gasteiger partial charge is 0.340 e. The zero-order chi connectivity index (χ0) is 41.9. The molecule has 0 spiro atoms. The molecule has 0 saturated carbocycles. The highest BCUT2D eigenvalue weighted by atomic mass is 16.8. The van der Waals surface area contributed by atoms with Crippen molar-refractivity contribution >= 4 is 23.6 Å². The fourth-order valence-corrected chi connectivity index (χ4v) is 6.76. The number of hydrogen-bond donors (Lipinski definition) is 0. The number of benzene rings is 3. The molecule has 0 aromatic heterocycles. The molecule has 3 aromatic carbocycles. The van der Waals surface area contributed by atoms with Crippen LogP contribution in [0.4, 0.5) is 0 Å². The second-order valence-corrected chi connectivity index (χ2v) is 16.7. The molecular formula is C44H51NO14. The lowest BCUT2D eigenvalue weighted by Crippen LogP contribution is -2.67. The first kappa shape index (κ1) is 42.4. The fraction of sp³-hybridized carbons (Fsp3) is 0.500. The molecule has 4 aliphatic rings. The van der Waals surface area contributed by atoms with Crippen molar-refractivity contribution in [3.8, 4) is 5.75 Å². The van der Waals surface area contributed by atoms with Crippen molar-refractivity contribution in [3.63, 3.8) is 0 Å². The largest absolute Gasteiger partial charge is 0.461 e. The predicted molar refractivity (Wildman–Crippen MR) is 207 cm³/mol. The topological polar surface area (TPSA) is 165 Å². The lowest BCUT2D eigenvalue weighted by molar-refractivity contribution is -0.373. The lowest BCUT2D eigenvalue weighted by atomic mass is 9.94. The van der Waals surface area contributed by atoms with Gasteiger partial charge in [0.2, 0.25) is 12.6 Å². The van der Waals surface area contributed by atoms with Gasteiger partial charge in [0.15, 0.2) is 30.5 Å². The molecule has 0 N–H and O–H groups in total. The van der Waals surface area contributed by atoms with Gasteiger partial charge in [-0.3, -0.25) is 9.59 Å².